The third-order valence-corrected chi connectivity index (χ3v) is 2.60. The Bertz CT molecular complexity index is 232. The molecule has 0 radical (unpaired) electrons. The van der Waals surface area contributed by atoms with Crippen molar-refractivity contribution >= 4 is 11.9 Å². The minimum Gasteiger partial charge on any atom is -0.549 e. The fourth-order valence-electron chi connectivity index (χ4n) is 1.65. The predicted octanol–water partition coefficient (Wildman–Crippen LogP) is -6.67. The van der Waals surface area contributed by atoms with Crippen molar-refractivity contribution < 1.29 is 57.5 Å². The van der Waals surface area contributed by atoms with Gasteiger partial charge in [-0.25, -0.2) is 0 Å². The molecule has 6 heteroatoms. The number of rotatable bonds is 4. The van der Waals surface area contributed by atoms with Gasteiger partial charge in [-0.15, -0.1) is 0 Å². The van der Waals surface area contributed by atoms with Gasteiger partial charge in [-0.2, -0.15) is 0 Å². The van der Waals surface area contributed by atoms with Crippen LogP contribution in [0.1, 0.15) is 40.5 Å². The van der Waals surface area contributed by atoms with E-state index in [0.29, 0.717) is 6.42 Å². The van der Waals surface area contributed by atoms with Gasteiger partial charge in [-0.3, -0.25) is 0 Å². The van der Waals surface area contributed by atoms with Crippen molar-refractivity contribution in [3.63, 3.8) is 0 Å². The Morgan fingerprint density at radius 1 is 1.00 bits per heavy atom. The van der Waals surface area contributed by atoms with Gasteiger partial charge in [0, 0.05) is 0 Å². The second kappa shape index (κ2) is 7.46. The number of aliphatic carboxylic acids is 2. The zero-order valence-corrected chi connectivity index (χ0v) is 11.0. The van der Waals surface area contributed by atoms with E-state index in [1.54, 1.807) is 27.7 Å². The minimum absolute atomic E-state index is 0. The van der Waals surface area contributed by atoms with Gasteiger partial charge in [0.2, 0.25) is 0 Å². The Morgan fingerprint density at radius 2 is 1.31 bits per heavy atom. The van der Waals surface area contributed by atoms with E-state index in [9.17, 15) is 19.8 Å². The smallest absolute Gasteiger partial charge is 0.549 e. The fourth-order valence-corrected chi connectivity index (χ4v) is 1.65. The predicted molar refractivity (Wildman–Crippen MR) is 46.8 cm³/mol. The minimum atomic E-state index is -1.90. The number of carboxylic acids is 2. The van der Waals surface area contributed by atoms with Gasteiger partial charge in [0.1, 0.15) is 0 Å². The van der Waals surface area contributed by atoms with Gasteiger partial charge < -0.3 is 19.8 Å². The summed E-state index contributed by atoms with van der Waals surface area (Å²) in [5.41, 5.74) is -2.82. The van der Waals surface area contributed by atoms with E-state index in [-0.39, 0.29) is 44.1 Å². The van der Waals surface area contributed by atoms with Gasteiger partial charge >= 0.3 is 37.7 Å². The monoisotopic (exact) mass is 214 g/mol. The molecule has 0 aromatic heterocycles. The largest absolute Gasteiger partial charge is 1.00 e. The van der Waals surface area contributed by atoms with Gasteiger partial charge in [0.15, 0.2) is 0 Å². The van der Waals surface area contributed by atoms with E-state index < -0.39 is 22.8 Å². The second-order valence-corrected chi connectivity index (χ2v) is 4.48. The van der Waals surface area contributed by atoms with E-state index in [2.05, 4.69) is 0 Å². The summed E-state index contributed by atoms with van der Waals surface area (Å²) < 4.78 is 0. The number of carboxylic acid groups (broad SMARTS) is 2. The first-order valence-corrected chi connectivity index (χ1v) is 4.63. The second-order valence-electron chi connectivity index (χ2n) is 4.48. The molecule has 82 valence electrons. The molecule has 0 aromatic carbocycles. The molecule has 0 saturated carbocycles. The van der Waals surface area contributed by atoms with Crippen LogP contribution in [0.3, 0.4) is 0 Å². The van der Waals surface area contributed by atoms with Crippen LogP contribution < -0.4 is 47.9 Å². The Labute approximate surface area is 121 Å². The Balaban J connectivity index is -0.000000845. The molecule has 0 unspecified atom stereocenters. The van der Waals surface area contributed by atoms with Crippen LogP contribution in [0.5, 0.6) is 0 Å². The van der Waals surface area contributed by atoms with Crippen molar-refractivity contribution in [3.8, 4) is 0 Å². The molecule has 0 spiro atoms. The molecule has 4 nitrogen and oxygen atoms in total. The summed E-state index contributed by atoms with van der Waals surface area (Å²) in [5, 5.41) is 21.9. The summed E-state index contributed by atoms with van der Waals surface area (Å²) in [6.45, 7) is 6.42. The van der Waals surface area contributed by atoms with Crippen LogP contribution in [0.4, 0.5) is 0 Å². The average Bonchev–Trinajstić information content (AvgIpc) is 1.95. The van der Waals surface area contributed by atoms with Crippen LogP contribution in [0, 0.1) is 10.8 Å². The summed E-state index contributed by atoms with van der Waals surface area (Å²) in [6, 6.07) is 0. The molecule has 0 aliphatic rings. The summed E-state index contributed by atoms with van der Waals surface area (Å²) >= 11 is 0. The van der Waals surface area contributed by atoms with Gasteiger partial charge in [-0.05, 0) is 11.8 Å². The first kappa shape index (κ1) is 21.4. The molecule has 0 aromatic rings. The van der Waals surface area contributed by atoms with E-state index >= 15 is 0 Å². The molecule has 16 heavy (non-hydrogen) atoms. The van der Waals surface area contributed by atoms with Crippen molar-refractivity contribution in [2.24, 2.45) is 10.8 Å². The molecule has 0 aliphatic heterocycles. The number of hydrogen-bond donors (Lipinski definition) is 0. The van der Waals surface area contributed by atoms with Crippen LogP contribution in [0.2, 0.25) is 0 Å². The van der Waals surface area contributed by atoms with E-state index in [4.69, 9.17) is 0 Å². The normalized spacial score (nSPS) is 11.0. The third-order valence-electron chi connectivity index (χ3n) is 2.60. The van der Waals surface area contributed by atoms with Crippen LogP contribution in [0.15, 0.2) is 0 Å². The molecule has 0 heterocycles. The molecule has 0 aliphatic carbocycles. The zero-order chi connectivity index (χ0) is 11.6. The molecular formula is C10H16Li2O4. The van der Waals surface area contributed by atoms with Crippen molar-refractivity contribution in [1.82, 2.24) is 0 Å². The zero-order valence-electron chi connectivity index (χ0n) is 11.0. The fraction of sp³-hybridized carbons (Fsp3) is 0.800. The van der Waals surface area contributed by atoms with Crippen molar-refractivity contribution in [3.05, 3.63) is 0 Å². The Kier molecular flexibility index (Phi) is 9.99. The van der Waals surface area contributed by atoms with Crippen molar-refractivity contribution in [2.75, 3.05) is 0 Å². The number of hydrogen-bond acceptors (Lipinski definition) is 4. The molecular weight excluding hydrogens is 198 g/mol. The molecule has 0 amide bonds. The van der Waals surface area contributed by atoms with Crippen LogP contribution in [0.25, 0.3) is 0 Å². The number of carbonyl (C=O) groups is 2. The average molecular weight is 214 g/mol. The van der Waals surface area contributed by atoms with Gasteiger partial charge in [-0.1, -0.05) is 34.1 Å². The van der Waals surface area contributed by atoms with Crippen LogP contribution >= 0.6 is 0 Å². The first-order valence-electron chi connectivity index (χ1n) is 4.63. The summed E-state index contributed by atoms with van der Waals surface area (Å²) in [5.74, 6) is -3.13. The van der Waals surface area contributed by atoms with Crippen molar-refractivity contribution in [1.29, 1.82) is 0 Å². The van der Waals surface area contributed by atoms with Crippen LogP contribution in [-0.2, 0) is 9.59 Å². The van der Waals surface area contributed by atoms with E-state index in [0.717, 1.165) is 0 Å². The van der Waals surface area contributed by atoms with Gasteiger partial charge in [0.05, 0.1) is 17.4 Å². The Hall–Kier alpha value is 0.135. The quantitative estimate of drug-likeness (QED) is 0.344. The molecule has 0 rings (SSSR count). The Morgan fingerprint density at radius 3 is 1.38 bits per heavy atom. The maximum atomic E-state index is 11.0. The van der Waals surface area contributed by atoms with Crippen LogP contribution in [-0.4, -0.2) is 11.9 Å². The van der Waals surface area contributed by atoms with E-state index in [1.807, 2.05) is 0 Å². The number of carbonyl (C=O) groups excluding carboxylic acids is 2. The molecule has 0 N–H and O–H groups in total. The van der Waals surface area contributed by atoms with E-state index in [1.165, 1.54) is 0 Å². The van der Waals surface area contributed by atoms with Crippen molar-refractivity contribution in [2.45, 2.75) is 40.5 Å². The SMILES string of the molecule is CCCC(C(=O)[O-])(C(=O)[O-])C(C)(C)C.[Li+].[Li+]. The standard InChI is InChI=1S/C10H18O4.2Li/c1-5-6-10(7(11)12,8(13)14)9(2,3)4;;/h5-6H2,1-4H3,(H,11,12)(H,13,14);;/q;2*+1/p-2. The summed E-state index contributed by atoms with van der Waals surface area (Å²) in [7, 11) is 0. The third kappa shape index (κ3) is 3.86. The summed E-state index contributed by atoms with van der Waals surface area (Å²) in [6.07, 6.45) is 0.487. The first-order chi connectivity index (χ1) is 6.20. The van der Waals surface area contributed by atoms with Gasteiger partial charge in [0.25, 0.3) is 0 Å². The maximum absolute atomic E-state index is 11.0. The molecule has 0 fully saturated rings. The topological polar surface area (TPSA) is 80.3 Å². The molecule has 0 bridgehead atoms. The maximum Gasteiger partial charge on any atom is 1.00 e. The summed E-state index contributed by atoms with van der Waals surface area (Å²) in [4.78, 5) is 21.9. The molecule has 0 saturated heterocycles. The molecule has 0 atom stereocenters.